The van der Waals surface area contributed by atoms with Crippen LogP contribution in [0.4, 0.5) is 0 Å². The lowest BCUT2D eigenvalue weighted by molar-refractivity contribution is 0.311. The topological polar surface area (TPSA) is 44.0 Å². The number of halogens is 1. The molecule has 0 bridgehead atoms. The number of hydrogen-bond donors (Lipinski definition) is 1. The lowest BCUT2D eigenvalue weighted by Crippen LogP contribution is -2.32. The van der Waals surface area contributed by atoms with E-state index in [1.807, 2.05) is 0 Å². The van der Waals surface area contributed by atoms with Gasteiger partial charge in [0, 0.05) is 10.6 Å². The summed E-state index contributed by atoms with van der Waals surface area (Å²) in [6, 6.07) is 7.15. The zero-order valence-corrected chi connectivity index (χ0v) is 8.38. The number of aromatic hydroxyl groups is 1. The summed E-state index contributed by atoms with van der Waals surface area (Å²) >= 11 is 5.84. The molecule has 1 aromatic carbocycles. The molecule has 1 aromatic rings. The SMILES string of the molecule is N#CC1(c2cc(Cl)ccc2O)CCC1. The van der Waals surface area contributed by atoms with Crippen LogP contribution >= 0.6 is 11.6 Å². The van der Waals surface area contributed by atoms with Gasteiger partial charge in [-0.05, 0) is 37.5 Å². The number of benzene rings is 1. The summed E-state index contributed by atoms with van der Waals surface area (Å²) in [6.07, 6.45) is 2.67. The molecule has 0 saturated heterocycles. The summed E-state index contributed by atoms with van der Waals surface area (Å²) in [6.45, 7) is 0. The Bertz CT molecular complexity index is 404. The molecular formula is C11H10ClNO. The fourth-order valence-electron chi connectivity index (χ4n) is 1.86. The van der Waals surface area contributed by atoms with Crippen molar-refractivity contribution in [2.45, 2.75) is 24.7 Å². The van der Waals surface area contributed by atoms with E-state index in [-0.39, 0.29) is 5.75 Å². The van der Waals surface area contributed by atoms with Crippen molar-refractivity contribution in [2.24, 2.45) is 0 Å². The number of nitrogens with zero attached hydrogens (tertiary/aromatic N) is 1. The Morgan fingerprint density at radius 3 is 2.64 bits per heavy atom. The number of hydrogen-bond acceptors (Lipinski definition) is 2. The van der Waals surface area contributed by atoms with Gasteiger partial charge in [0.2, 0.25) is 0 Å². The van der Waals surface area contributed by atoms with Crippen molar-refractivity contribution < 1.29 is 5.11 Å². The maximum atomic E-state index is 9.66. The van der Waals surface area contributed by atoms with Gasteiger partial charge in [0.15, 0.2) is 0 Å². The molecule has 14 heavy (non-hydrogen) atoms. The second-order valence-electron chi connectivity index (χ2n) is 3.71. The Morgan fingerprint density at radius 2 is 2.14 bits per heavy atom. The third-order valence-corrected chi connectivity index (χ3v) is 3.13. The summed E-state index contributed by atoms with van der Waals surface area (Å²) in [5, 5.41) is 19.3. The van der Waals surface area contributed by atoms with Crippen molar-refractivity contribution in [1.82, 2.24) is 0 Å². The number of nitriles is 1. The van der Waals surface area contributed by atoms with Crippen molar-refractivity contribution in [2.75, 3.05) is 0 Å². The highest BCUT2D eigenvalue weighted by Crippen LogP contribution is 2.46. The molecule has 1 N–H and O–H groups in total. The Kier molecular flexibility index (Phi) is 2.13. The van der Waals surface area contributed by atoms with Crippen molar-refractivity contribution >= 4 is 11.6 Å². The molecular weight excluding hydrogens is 198 g/mol. The van der Waals surface area contributed by atoms with Gasteiger partial charge in [-0.15, -0.1) is 0 Å². The summed E-state index contributed by atoms with van der Waals surface area (Å²) in [5.74, 6) is 0.177. The number of phenolic OH excluding ortho intramolecular Hbond substituents is 1. The van der Waals surface area contributed by atoms with E-state index in [1.54, 1.807) is 18.2 Å². The molecule has 72 valence electrons. The molecule has 2 rings (SSSR count). The van der Waals surface area contributed by atoms with Crippen molar-refractivity contribution in [3.8, 4) is 11.8 Å². The second-order valence-corrected chi connectivity index (χ2v) is 4.15. The van der Waals surface area contributed by atoms with Gasteiger partial charge in [0.05, 0.1) is 11.5 Å². The van der Waals surface area contributed by atoms with Crippen LogP contribution in [0.15, 0.2) is 18.2 Å². The minimum Gasteiger partial charge on any atom is -0.508 e. The Labute approximate surface area is 87.7 Å². The van der Waals surface area contributed by atoms with Crippen LogP contribution in [0.1, 0.15) is 24.8 Å². The van der Waals surface area contributed by atoms with Gasteiger partial charge in [0.1, 0.15) is 5.75 Å². The summed E-state index contributed by atoms with van der Waals surface area (Å²) < 4.78 is 0. The fraction of sp³-hybridized carbons (Fsp3) is 0.364. The van der Waals surface area contributed by atoms with Gasteiger partial charge in [-0.25, -0.2) is 0 Å². The highest BCUT2D eigenvalue weighted by molar-refractivity contribution is 6.30. The third-order valence-electron chi connectivity index (χ3n) is 2.90. The predicted molar refractivity (Wildman–Crippen MR) is 54.3 cm³/mol. The molecule has 2 nitrogen and oxygen atoms in total. The van der Waals surface area contributed by atoms with E-state index >= 15 is 0 Å². The van der Waals surface area contributed by atoms with Crippen LogP contribution in [0.2, 0.25) is 5.02 Å². The van der Waals surface area contributed by atoms with E-state index in [2.05, 4.69) is 6.07 Å². The molecule has 0 radical (unpaired) electrons. The van der Waals surface area contributed by atoms with Crippen LogP contribution < -0.4 is 0 Å². The minimum atomic E-state index is -0.491. The molecule has 0 aromatic heterocycles. The van der Waals surface area contributed by atoms with E-state index < -0.39 is 5.41 Å². The van der Waals surface area contributed by atoms with E-state index in [9.17, 15) is 5.11 Å². The Hall–Kier alpha value is -1.20. The third kappa shape index (κ3) is 1.25. The molecule has 0 atom stereocenters. The number of rotatable bonds is 1. The van der Waals surface area contributed by atoms with Crippen LogP contribution in [-0.4, -0.2) is 5.11 Å². The van der Waals surface area contributed by atoms with E-state index in [1.165, 1.54) is 0 Å². The van der Waals surface area contributed by atoms with Crippen LogP contribution in [0.25, 0.3) is 0 Å². The molecule has 1 aliphatic rings. The molecule has 1 aliphatic carbocycles. The molecule has 0 spiro atoms. The zero-order valence-electron chi connectivity index (χ0n) is 7.63. The first kappa shape index (κ1) is 9.36. The van der Waals surface area contributed by atoms with Crippen LogP contribution in [0.3, 0.4) is 0 Å². The van der Waals surface area contributed by atoms with Gasteiger partial charge in [0.25, 0.3) is 0 Å². The highest BCUT2D eigenvalue weighted by atomic mass is 35.5. The first-order valence-electron chi connectivity index (χ1n) is 4.58. The quantitative estimate of drug-likeness (QED) is 0.770. The van der Waals surface area contributed by atoms with Gasteiger partial charge in [-0.2, -0.15) is 5.26 Å². The summed E-state index contributed by atoms with van der Waals surface area (Å²) in [7, 11) is 0. The summed E-state index contributed by atoms with van der Waals surface area (Å²) in [4.78, 5) is 0. The normalized spacial score (nSPS) is 18.3. The second kappa shape index (κ2) is 3.18. The average molecular weight is 208 g/mol. The van der Waals surface area contributed by atoms with Crippen LogP contribution in [0, 0.1) is 11.3 Å². The Balaban J connectivity index is 2.50. The molecule has 0 heterocycles. The van der Waals surface area contributed by atoms with Gasteiger partial charge in [-0.3, -0.25) is 0 Å². The first-order valence-corrected chi connectivity index (χ1v) is 4.96. The maximum Gasteiger partial charge on any atom is 0.120 e. The Morgan fingerprint density at radius 1 is 1.43 bits per heavy atom. The maximum absolute atomic E-state index is 9.66. The zero-order chi connectivity index (χ0) is 10.2. The summed E-state index contributed by atoms with van der Waals surface area (Å²) in [5.41, 5.74) is 0.188. The number of phenols is 1. The fourth-order valence-corrected chi connectivity index (χ4v) is 2.04. The predicted octanol–water partition coefficient (Wildman–Crippen LogP) is 2.99. The molecule has 1 fully saturated rings. The minimum absolute atomic E-state index is 0.177. The smallest absolute Gasteiger partial charge is 0.120 e. The highest BCUT2D eigenvalue weighted by Gasteiger charge is 2.40. The molecule has 0 aliphatic heterocycles. The van der Waals surface area contributed by atoms with E-state index in [0.29, 0.717) is 10.6 Å². The average Bonchev–Trinajstić information content (AvgIpc) is 2.10. The van der Waals surface area contributed by atoms with E-state index in [0.717, 1.165) is 19.3 Å². The lowest BCUT2D eigenvalue weighted by atomic mass is 9.65. The molecule has 0 unspecified atom stereocenters. The van der Waals surface area contributed by atoms with Gasteiger partial charge < -0.3 is 5.11 Å². The van der Waals surface area contributed by atoms with Gasteiger partial charge in [-0.1, -0.05) is 11.6 Å². The van der Waals surface area contributed by atoms with Crippen molar-refractivity contribution in [3.63, 3.8) is 0 Å². The van der Waals surface area contributed by atoms with Crippen molar-refractivity contribution in [1.29, 1.82) is 5.26 Å². The molecule has 1 saturated carbocycles. The van der Waals surface area contributed by atoms with Crippen molar-refractivity contribution in [3.05, 3.63) is 28.8 Å². The van der Waals surface area contributed by atoms with Gasteiger partial charge >= 0.3 is 0 Å². The molecule has 3 heteroatoms. The first-order chi connectivity index (χ1) is 6.68. The molecule has 0 amide bonds. The lowest BCUT2D eigenvalue weighted by Gasteiger charge is -2.35. The van der Waals surface area contributed by atoms with Crippen LogP contribution in [0.5, 0.6) is 5.75 Å². The monoisotopic (exact) mass is 207 g/mol. The standard InChI is InChI=1S/C11H10ClNO/c12-8-2-3-10(14)9(6-8)11(7-13)4-1-5-11/h2-3,6,14H,1,4-5H2. The van der Waals surface area contributed by atoms with E-state index in [4.69, 9.17) is 16.9 Å². The largest absolute Gasteiger partial charge is 0.508 e. The van der Waals surface area contributed by atoms with Crippen LogP contribution in [-0.2, 0) is 5.41 Å².